The molecule has 0 aliphatic carbocycles. The summed E-state index contributed by atoms with van der Waals surface area (Å²) in [7, 11) is 0. The molecule has 0 amide bonds. The van der Waals surface area contributed by atoms with Crippen molar-refractivity contribution in [1.29, 1.82) is 0 Å². The third-order valence-electron chi connectivity index (χ3n) is 3.84. The summed E-state index contributed by atoms with van der Waals surface area (Å²) in [5.74, 6) is 0.692. The monoisotopic (exact) mass is 266 g/mol. The maximum atomic E-state index is 10.0. The van der Waals surface area contributed by atoms with E-state index in [1.54, 1.807) is 13.1 Å². The van der Waals surface area contributed by atoms with Gasteiger partial charge in [0, 0.05) is 37.0 Å². The average Bonchev–Trinajstić information content (AvgIpc) is 2.80. The molecule has 2 rings (SSSR count). The summed E-state index contributed by atoms with van der Waals surface area (Å²) in [5.41, 5.74) is 2.00. The van der Waals surface area contributed by atoms with Crippen LogP contribution in [-0.4, -0.2) is 34.5 Å². The fourth-order valence-corrected chi connectivity index (χ4v) is 2.44. The normalized spacial score (nSPS) is 22.9. The Morgan fingerprint density at radius 1 is 1.53 bits per heavy atom. The quantitative estimate of drug-likeness (QED) is 0.744. The number of nitrogens with one attached hydrogen (secondary N) is 1. The largest absolute Gasteiger partial charge is 0.506 e. The maximum absolute atomic E-state index is 10.0. The number of aryl methyl sites for hydroxylation is 1. The van der Waals surface area contributed by atoms with Gasteiger partial charge in [0.2, 0.25) is 0 Å². The van der Waals surface area contributed by atoms with E-state index >= 15 is 0 Å². The van der Waals surface area contributed by atoms with E-state index in [0.717, 1.165) is 25.1 Å². The Bertz CT molecular complexity index is 437. The van der Waals surface area contributed by atoms with Gasteiger partial charge in [-0.3, -0.25) is 4.98 Å². The first-order valence-electron chi connectivity index (χ1n) is 6.73. The average molecular weight is 266 g/mol. The van der Waals surface area contributed by atoms with Crippen molar-refractivity contribution in [2.45, 2.75) is 39.5 Å². The lowest BCUT2D eigenvalue weighted by molar-refractivity contribution is 0.105. The van der Waals surface area contributed by atoms with Crippen molar-refractivity contribution >= 4 is 0 Å². The summed E-state index contributed by atoms with van der Waals surface area (Å²) in [6.07, 6.45) is 2.98. The third kappa shape index (κ3) is 3.23. The summed E-state index contributed by atoms with van der Waals surface area (Å²) in [6.45, 7) is 5.95. The van der Waals surface area contributed by atoms with Crippen molar-refractivity contribution in [2.75, 3.05) is 13.2 Å². The summed E-state index contributed by atoms with van der Waals surface area (Å²) >= 11 is 0. The molecule has 2 unspecified atom stereocenters. The summed E-state index contributed by atoms with van der Waals surface area (Å²) in [4.78, 5) is 4.05. The van der Waals surface area contributed by atoms with Gasteiger partial charge in [-0.2, -0.15) is 0 Å². The molecule has 1 aromatic rings. The van der Waals surface area contributed by atoms with E-state index in [1.807, 2.05) is 0 Å². The van der Waals surface area contributed by atoms with Gasteiger partial charge in [0.25, 0.3) is 0 Å². The first kappa shape index (κ1) is 14.2. The maximum Gasteiger partial charge on any atom is 0.141 e. The molecule has 1 aliphatic heterocycles. The van der Waals surface area contributed by atoms with E-state index in [9.17, 15) is 10.2 Å². The smallest absolute Gasteiger partial charge is 0.141 e. The molecule has 2 atom stereocenters. The van der Waals surface area contributed by atoms with Crippen molar-refractivity contribution in [3.63, 3.8) is 0 Å². The second-order valence-electron chi connectivity index (χ2n) is 5.11. The van der Waals surface area contributed by atoms with Crippen molar-refractivity contribution < 1.29 is 14.9 Å². The molecule has 19 heavy (non-hydrogen) atoms. The number of nitrogens with zero attached hydrogens (tertiary/aromatic N) is 1. The molecular formula is C14H22N2O3. The van der Waals surface area contributed by atoms with E-state index in [4.69, 9.17) is 4.74 Å². The van der Waals surface area contributed by atoms with E-state index < -0.39 is 0 Å². The topological polar surface area (TPSA) is 74.6 Å². The molecule has 3 N–H and O–H groups in total. The molecule has 0 saturated carbocycles. The Kier molecular flexibility index (Phi) is 4.74. The minimum Gasteiger partial charge on any atom is -0.506 e. The Morgan fingerprint density at radius 3 is 2.95 bits per heavy atom. The van der Waals surface area contributed by atoms with Crippen LogP contribution in [0.25, 0.3) is 0 Å². The molecule has 1 aliphatic rings. The highest BCUT2D eigenvalue weighted by Gasteiger charge is 2.23. The van der Waals surface area contributed by atoms with Crippen LogP contribution in [0.4, 0.5) is 0 Å². The SMILES string of the molecule is Cc1ncc(CO)c(CNCC2CCOC2C)c1O. The van der Waals surface area contributed by atoms with Gasteiger partial charge in [-0.25, -0.2) is 0 Å². The van der Waals surface area contributed by atoms with Crippen molar-refractivity contribution in [3.8, 4) is 5.75 Å². The fraction of sp³-hybridized carbons (Fsp3) is 0.643. The van der Waals surface area contributed by atoms with E-state index in [-0.39, 0.29) is 18.5 Å². The first-order valence-corrected chi connectivity index (χ1v) is 6.73. The molecule has 5 heteroatoms. The van der Waals surface area contributed by atoms with Crippen molar-refractivity contribution in [1.82, 2.24) is 10.3 Å². The third-order valence-corrected chi connectivity index (χ3v) is 3.84. The molecule has 0 spiro atoms. The van der Waals surface area contributed by atoms with Crippen LogP contribution in [0.2, 0.25) is 0 Å². The molecule has 1 fully saturated rings. The van der Waals surface area contributed by atoms with Crippen LogP contribution in [0.15, 0.2) is 6.20 Å². The standard InChI is InChI=1S/C14H22N2O3/c1-9-14(18)13(12(8-17)6-16-9)7-15-5-11-3-4-19-10(11)2/h6,10-11,15,17-18H,3-5,7-8H2,1-2H3. The molecule has 1 aromatic heterocycles. The number of pyridine rings is 1. The van der Waals surface area contributed by atoms with Crippen LogP contribution in [0.1, 0.15) is 30.2 Å². The van der Waals surface area contributed by atoms with Crippen molar-refractivity contribution in [3.05, 3.63) is 23.0 Å². The number of aromatic hydroxyl groups is 1. The van der Waals surface area contributed by atoms with Gasteiger partial charge in [-0.1, -0.05) is 0 Å². The molecule has 106 valence electrons. The van der Waals surface area contributed by atoms with Crippen LogP contribution in [0, 0.1) is 12.8 Å². The lowest BCUT2D eigenvalue weighted by Crippen LogP contribution is -2.27. The number of hydrogen-bond acceptors (Lipinski definition) is 5. The predicted octanol–water partition coefficient (Wildman–Crippen LogP) is 1.10. The van der Waals surface area contributed by atoms with E-state index in [2.05, 4.69) is 17.2 Å². The van der Waals surface area contributed by atoms with E-state index in [1.165, 1.54) is 0 Å². The predicted molar refractivity (Wildman–Crippen MR) is 71.8 cm³/mol. The number of ether oxygens (including phenoxy) is 1. The Balaban J connectivity index is 1.97. The van der Waals surface area contributed by atoms with Crippen LogP contribution in [0.3, 0.4) is 0 Å². The van der Waals surface area contributed by atoms with Gasteiger partial charge in [-0.05, 0) is 26.2 Å². The highest BCUT2D eigenvalue weighted by molar-refractivity contribution is 5.40. The molecular weight excluding hydrogens is 244 g/mol. The van der Waals surface area contributed by atoms with Crippen LogP contribution in [-0.2, 0) is 17.9 Å². The molecule has 5 nitrogen and oxygen atoms in total. The van der Waals surface area contributed by atoms with Gasteiger partial charge in [0.1, 0.15) is 5.75 Å². The van der Waals surface area contributed by atoms with Gasteiger partial charge in [0.05, 0.1) is 18.4 Å². The van der Waals surface area contributed by atoms with E-state index in [0.29, 0.717) is 23.7 Å². The summed E-state index contributed by atoms with van der Waals surface area (Å²) < 4.78 is 5.52. The number of aliphatic hydroxyl groups excluding tert-OH is 1. The second kappa shape index (κ2) is 6.32. The molecule has 2 heterocycles. The first-order chi connectivity index (χ1) is 9.13. The van der Waals surface area contributed by atoms with Gasteiger partial charge < -0.3 is 20.3 Å². The molecule has 0 aromatic carbocycles. The van der Waals surface area contributed by atoms with Gasteiger partial charge in [0.15, 0.2) is 0 Å². The van der Waals surface area contributed by atoms with Crippen LogP contribution >= 0.6 is 0 Å². The molecule has 0 radical (unpaired) electrons. The van der Waals surface area contributed by atoms with Crippen LogP contribution in [0.5, 0.6) is 5.75 Å². The lowest BCUT2D eigenvalue weighted by atomic mass is 10.0. The Labute approximate surface area is 113 Å². The molecule has 1 saturated heterocycles. The number of aliphatic hydroxyl groups is 1. The zero-order valence-corrected chi connectivity index (χ0v) is 11.5. The van der Waals surface area contributed by atoms with Crippen molar-refractivity contribution in [2.24, 2.45) is 5.92 Å². The van der Waals surface area contributed by atoms with Gasteiger partial charge in [-0.15, -0.1) is 0 Å². The van der Waals surface area contributed by atoms with Gasteiger partial charge >= 0.3 is 0 Å². The Morgan fingerprint density at radius 2 is 2.32 bits per heavy atom. The number of rotatable bonds is 5. The minimum atomic E-state index is -0.110. The summed E-state index contributed by atoms with van der Waals surface area (Å²) in [6, 6.07) is 0. The Hall–Kier alpha value is -1.17. The minimum absolute atomic E-state index is 0.110. The highest BCUT2D eigenvalue weighted by Crippen LogP contribution is 2.24. The zero-order chi connectivity index (χ0) is 13.8. The lowest BCUT2D eigenvalue weighted by Gasteiger charge is -2.16. The van der Waals surface area contributed by atoms with Crippen LogP contribution < -0.4 is 5.32 Å². The number of aromatic nitrogens is 1. The fourth-order valence-electron chi connectivity index (χ4n) is 2.44. The molecule has 0 bridgehead atoms. The number of hydrogen-bond donors (Lipinski definition) is 3. The summed E-state index contributed by atoms with van der Waals surface area (Å²) in [5, 5.41) is 22.6. The zero-order valence-electron chi connectivity index (χ0n) is 11.5. The highest BCUT2D eigenvalue weighted by atomic mass is 16.5. The second-order valence-corrected chi connectivity index (χ2v) is 5.11.